The molecule has 0 saturated carbocycles. The average molecular weight is 240 g/mol. The zero-order chi connectivity index (χ0) is 13.6. The van der Waals surface area contributed by atoms with Gasteiger partial charge in [0.15, 0.2) is 0 Å². The highest BCUT2D eigenvalue weighted by molar-refractivity contribution is 4.88. The molecule has 0 heterocycles. The Morgan fingerprint density at radius 2 is 1.06 bits per heavy atom. The predicted molar refractivity (Wildman–Crippen MR) is 58.8 cm³/mol. The van der Waals surface area contributed by atoms with Crippen molar-refractivity contribution in [2.45, 2.75) is 51.1 Å². The van der Waals surface area contributed by atoms with Crippen molar-refractivity contribution in [3.8, 4) is 0 Å². The lowest BCUT2D eigenvalue weighted by molar-refractivity contribution is -0.143. The molecule has 6 heteroatoms. The highest BCUT2D eigenvalue weighted by Gasteiger charge is 2.36. The molecule has 16 heavy (non-hydrogen) atoms. The number of aliphatic hydroxyl groups is 6. The van der Waals surface area contributed by atoms with Crippen LogP contribution >= 0.6 is 0 Å². The van der Waals surface area contributed by atoms with Crippen molar-refractivity contribution >= 4 is 0 Å². The fourth-order valence-corrected chi connectivity index (χ4v) is 0.922. The molecule has 0 radical (unpaired) electrons. The summed E-state index contributed by atoms with van der Waals surface area (Å²) in [6.45, 7) is 5.09. The van der Waals surface area contributed by atoms with E-state index >= 15 is 0 Å². The molecule has 100 valence electrons. The average Bonchev–Trinajstić information content (AvgIpc) is 2.13. The Labute approximate surface area is 95.8 Å². The van der Waals surface area contributed by atoms with Gasteiger partial charge in [0, 0.05) is 0 Å². The summed E-state index contributed by atoms with van der Waals surface area (Å²) in [6.07, 6.45) is -2.08. The molecule has 0 aliphatic heterocycles. The Kier molecular flexibility index (Phi) is 8.11. The van der Waals surface area contributed by atoms with Gasteiger partial charge in [0.25, 0.3) is 0 Å². The summed E-state index contributed by atoms with van der Waals surface area (Å²) in [5.74, 6) is 0. The lowest BCUT2D eigenvalue weighted by Gasteiger charge is -2.33. The molecular formula is C10H24O6. The van der Waals surface area contributed by atoms with E-state index in [-0.39, 0.29) is 13.2 Å². The van der Waals surface area contributed by atoms with Gasteiger partial charge in [-0.3, -0.25) is 0 Å². The van der Waals surface area contributed by atoms with Gasteiger partial charge in [-0.25, -0.2) is 0 Å². The molecule has 0 aliphatic rings. The van der Waals surface area contributed by atoms with Gasteiger partial charge in [-0.15, -0.1) is 0 Å². The van der Waals surface area contributed by atoms with Crippen molar-refractivity contribution in [2.24, 2.45) is 0 Å². The largest absolute Gasteiger partial charge is 0.394 e. The second-order valence-corrected chi connectivity index (χ2v) is 4.73. The van der Waals surface area contributed by atoms with Gasteiger partial charge in [0.1, 0.15) is 12.2 Å². The molecule has 0 aromatic heterocycles. The zero-order valence-corrected chi connectivity index (χ0v) is 10.3. The maximum absolute atomic E-state index is 9.22. The molecule has 0 saturated heterocycles. The highest BCUT2D eigenvalue weighted by atomic mass is 16.4. The van der Waals surface area contributed by atoms with Crippen LogP contribution in [0.2, 0.25) is 0 Å². The van der Waals surface area contributed by atoms with E-state index in [1.807, 2.05) is 0 Å². The SMILES string of the molecule is CC(C)(O)C(O)C(C)(C)O.OCC(O)CO. The Morgan fingerprint density at radius 1 is 0.812 bits per heavy atom. The van der Waals surface area contributed by atoms with Gasteiger partial charge in [0.2, 0.25) is 0 Å². The summed E-state index contributed by atoms with van der Waals surface area (Å²) in [5, 5.41) is 51.7. The molecule has 0 unspecified atom stereocenters. The van der Waals surface area contributed by atoms with E-state index in [9.17, 15) is 15.3 Å². The molecule has 6 N–H and O–H groups in total. The molecule has 0 bridgehead atoms. The van der Waals surface area contributed by atoms with Crippen LogP contribution in [-0.4, -0.2) is 67.3 Å². The summed E-state index contributed by atoms with van der Waals surface area (Å²) < 4.78 is 0. The molecule has 0 aliphatic carbocycles. The first-order valence-corrected chi connectivity index (χ1v) is 4.99. The van der Waals surface area contributed by atoms with Crippen molar-refractivity contribution in [3.63, 3.8) is 0 Å². The number of rotatable bonds is 4. The molecule has 0 amide bonds. The van der Waals surface area contributed by atoms with Crippen molar-refractivity contribution < 1.29 is 30.6 Å². The van der Waals surface area contributed by atoms with Crippen molar-refractivity contribution in [1.29, 1.82) is 0 Å². The number of hydrogen-bond donors (Lipinski definition) is 6. The van der Waals surface area contributed by atoms with E-state index in [2.05, 4.69) is 0 Å². The minimum Gasteiger partial charge on any atom is -0.394 e. The zero-order valence-electron chi connectivity index (χ0n) is 10.3. The standard InChI is InChI=1S/C7H16O3.C3H8O3/c1-6(2,9)5(8)7(3,4)10;4-1-3(6)2-5/h5,8-10H,1-4H3;3-6H,1-2H2. The first kappa shape index (κ1) is 18.1. The Hall–Kier alpha value is -0.240. The van der Waals surface area contributed by atoms with E-state index in [4.69, 9.17) is 15.3 Å². The van der Waals surface area contributed by atoms with Crippen molar-refractivity contribution in [2.75, 3.05) is 13.2 Å². The second-order valence-electron chi connectivity index (χ2n) is 4.73. The lowest BCUT2D eigenvalue weighted by atomic mass is 9.89. The van der Waals surface area contributed by atoms with Crippen molar-refractivity contribution in [3.05, 3.63) is 0 Å². The van der Waals surface area contributed by atoms with Gasteiger partial charge in [0.05, 0.1) is 24.4 Å². The molecule has 6 nitrogen and oxygen atoms in total. The van der Waals surface area contributed by atoms with Crippen LogP contribution in [0.15, 0.2) is 0 Å². The molecule has 0 fully saturated rings. The third kappa shape index (κ3) is 9.02. The van der Waals surface area contributed by atoms with E-state index in [1.165, 1.54) is 27.7 Å². The minimum atomic E-state index is -1.25. The van der Waals surface area contributed by atoms with Crippen molar-refractivity contribution in [1.82, 2.24) is 0 Å². The second kappa shape index (κ2) is 7.16. The Bertz CT molecular complexity index is 151. The fourth-order valence-electron chi connectivity index (χ4n) is 0.922. The summed E-state index contributed by atoms with van der Waals surface area (Å²) in [5.41, 5.74) is -2.50. The van der Waals surface area contributed by atoms with Gasteiger partial charge >= 0.3 is 0 Å². The first-order valence-electron chi connectivity index (χ1n) is 4.99. The lowest BCUT2D eigenvalue weighted by Crippen LogP contribution is -2.50. The van der Waals surface area contributed by atoms with Gasteiger partial charge in [-0.2, -0.15) is 0 Å². The topological polar surface area (TPSA) is 121 Å². The van der Waals surface area contributed by atoms with Gasteiger partial charge in [-0.1, -0.05) is 0 Å². The number of aliphatic hydroxyl groups excluding tert-OH is 4. The smallest absolute Gasteiger partial charge is 0.110 e. The maximum Gasteiger partial charge on any atom is 0.110 e. The summed E-state index contributed by atoms with van der Waals surface area (Å²) in [6, 6.07) is 0. The molecule has 0 rings (SSSR count). The predicted octanol–water partition coefficient (Wildman–Crippen LogP) is -1.78. The van der Waals surface area contributed by atoms with E-state index < -0.39 is 23.4 Å². The van der Waals surface area contributed by atoms with Crippen LogP contribution < -0.4 is 0 Å². The summed E-state index contributed by atoms with van der Waals surface area (Å²) in [7, 11) is 0. The molecule has 0 spiro atoms. The van der Waals surface area contributed by atoms with Crippen LogP contribution in [0.5, 0.6) is 0 Å². The van der Waals surface area contributed by atoms with Gasteiger partial charge < -0.3 is 30.6 Å². The molecular weight excluding hydrogens is 216 g/mol. The highest BCUT2D eigenvalue weighted by Crippen LogP contribution is 2.19. The molecule has 0 aromatic rings. The molecule has 0 aromatic carbocycles. The Balaban J connectivity index is 0. The monoisotopic (exact) mass is 240 g/mol. The number of hydrogen-bond acceptors (Lipinski definition) is 6. The minimum absolute atomic E-state index is 0.365. The van der Waals surface area contributed by atoms with E-state index in [1.54, 1.807) is 0 Å². The third-order valence-corrected chi connectivity index (χ3v) is 1.76. The normalized spacial score (nSPS) is 12.8. The van der Waals surface area contributed by atoms with Crippen LogP contribution in [0.25, 0.3) is 0 Å². The first-order chi connectivity index (χ1) is 6.96. The summed E-state index contributed by atoms with van der Waals surface area (Å²) >= 11 is 0. The Morgan fingerprint density at radius 3 is 1.06 bits per heavy atom. The summed E-state index contributed by atoms with van der Waals surface area (Å²) in [4.78, 5) is 0. The fraction of sp³-hybridized carbons (Fsp3) is 1.00. The van der Waals surface area contributed by atoms with Crippen LogP contribution in [0.3, 0.4) is 0 Å². The van der Waals surface area contributed by atoms with Crippen LogP contribution in [0, 0.1) is 0 Å². The van der Waals surface area contributed by atoms with Gasteiger partial charge in [-0.05, 0) is 27.7 Å². The van der Waals surface area contributed by atoms with E-state index in [0.29, 0.717) is 0 Å². The van der Waals surface area contributed by atoms with Crippen LogP contribution in [0.4, 0.5) is 0 Å². The maximum atomic E-state index is 9.22. The van der Waals surface area contributed by atoms with Crippen LogP contribution in [0.1, 0.15) is 27.7 Å². The third-order valence-electron chi connectivity index (χ3n) is 1.76. The molecule has 0 atom stereocenters. The van der Waals surface area contributed by atoms with Crippen LogP contribution in [-0.2, 0) is 0 Å². The van der Waals surface area contributed by atoms with E-state index in [0.717, 1.165) is 0 Å². The quantitative estimate of drug-likeness (QED) is 0.345.